The van der Waals surface area contributed by atoms with Gasteiger partial charge in [-0.1, -0.05) is 36.4 Å². The normalized spacial score (nSPS) is 10.6. The molecule has 0 aromatic heterocycles. The van der Waals surface area contributed by atoms with Gasteiger partial charge in [-0.25, -0.2) is 0 Å². The van der Waals surface area contributed by atoms with Gasteiger partial charge in [0.15, 0.2) is 17.3 Å². The minimum Gasteiger partial charge on any atom is -0.493 e. The van der Waals surface area contributed by atoms with Crippen LogP contribution in [0.5, 0.6) is 23.0 Å². The molecule has 0 atom stereocenters. The van der Waals surface area contributed by atoms with Crippen LogP contribution in [0.4, 0.5) is 0 Å². The van der Waals surface area contributed by atoms with Gasteiger partial charge in [0.1, 0.15) is 11.5 Å². The van der Waals surface area contributed by atoms with E-state index in [0.29, 0.717) is 22.8 Å². The third-order valence-corrected chi connectivity index (χ3v) is 3.93. The number of ketones is 1. The van der Waals surface area contributed by atoms with Gasteiger partial charge in [-0.3, -0.25) is 4.79 Å². The second-order valence-corrected chi connectivity index (χ2v) is 5.75. The number of benzene rings is 3. The smallest absolute Gasteiger partial charge is 0.185 e. The van der Waals surface area contributed by atoms with Crippen LogP contribution in [0.3, 0.4) is 0 Å². The van der Waals surface area contributed by atoms with Crippen molar-refractivity contribution in [3.05, 3.63) is 90.0 Å². The molecule has 0 saturated heterocycles. The number of ether oxygens (including phenoxy) is 3. The molecular formula is C23H20O4. The molecule has 136 valence electrons. The average molecular weight is 360 g/mol. The van der Waals surface area contributed by atoms with Gasteiger partial charge in [-0.05, 0) is 54.1 Å². The Morgan fingerprint density at radius 2 is 1.52 bits per heavy atom. The zero-order valence-corrected chi connectivity index (χ0v) is 15.2. The second-order valence-electron chi connectivity index (χ2n) is 5.75. The maximum Gasteiger partial charge on any atom is 0.185 e. The molecule has 0 bridgehead atoms. The van der Waals surface area contributed by atoms with Gasteiger partial charge in [-0.2, -0.15) is 0 Å². The Morgan fingerprint density at radius 1 is 0.778 bits per heavy atom. The van der Waals surface area contributed by atoms with Crippen molar-refractivity contribution >= 4 is 11.9 Å². The lowest BCUT2D eigenvalue weighted by molar-refractivity contribution is 0.104. The molecule has 0 aliphatic carbocycles. The number of methoxy groups -OCH3 is 2. The van der Waals surface area contributed by atoms with E-state index in [1.165, 1.54) is 6.08 Å². The van der Waals surface area contributed by atoms with E-state index in [2.05, 4.69) is 0 Å². The van der Waals surface area contributed by atoms with Crippen LogP contribution in [0.2, 0.25) is 0 Å². The molecule has 0 saturated carbocycles. The number of carbonyl (C=O) groups excluding carboxylic acids is 1. The first-order chi connectivity index (χ1) is 13.2. The summed E-state index contributed by atoms with van der Waals surface area (Å²) in [6.45, 7) is 0. The van der Waals surface area contributed by atoms with Crippen molar-refractivity contribution in [2.24, 2.45) is 0 Å². The molecule has 0 fully saturated rings. The van der Waals surface area contributed by atoms with Crippen molar-refractivity contribution in [3.63, 3.8) is 0 Å². The van der Waals surface area contributed by atoms with E-state index in [9.17, 15) is 4.79 Å². The summed E-state index contributed by atoms with van der Waals surface area (Å²) in [4.78, 5) is 12.4. The molecule has 0 unspecified atom stereocenters. The Kier molecular flexibility index (Phi) is 5.90. The highest BCUT2D eigenvalue weighted by atomic mass is 16.5. The van der Waals surface area contributed by atoms with E-state index in [4.69, 9.17) is 14.2 Å². The third kappa shape index (κ3) is 4.76. The summed E-state index contributed by atoms with van der Waals surface area (Å²) in [7, 11) is 3.10. The summed E-state index contributed by atoms with van der Waals surface area (Å²) in [6.07, 6.45) is 3.29. The van der Waals surface area contributed by atoms with Gasteiger partial charge < -0.3 is 14.2 Å². The molecule has 0 heterocycles. The van der Waals surface area contributed by atoms with Gasteiger partial charge in [-0.15, -0.1) is 0 Å². The van der Waals surface area contributed by atoms with E-state index in [0.717, 1.165) is 11.3 Å². The molecule has 4 nitrogen and oxygen atoms in total. The molecule has 0 amide bonds. The molecule has 27 heavy (non-hydrogen) atoms. The zero-order valence-electron chi connectivity index (χ0n) is 15.2. The monoisotopic (exact) mass is 360 g/mol. The summed E-state index contributed by atoms with van der Waals surface area (Å²) in [6, 6.07) is 22.2. The maximum atomic E-state index is 12.4. The third-order valence-electron chi connectivity index (χ3n) is 3.93. The predicted octanol–water partition coefficient (Wildman–Crippen LogP) is 5.39. The minimum atomic E-state index is -0.120. The lowest BCUT2D eigenvalue weighted by Gasteiger charge is -2.08. The van der Waals surface area contributed by atoms with Gasteiger partial charge in [0.05, 0.1) is 14.2 Å². The van der Waals surface area contributed by atoms with Crippen molar-refractivity contribution in [1.29, 1.82) is 0 Å². The van der Waals surface area contributed by atoms with Crippen LogP contribution in [0.15, 0.2) is 78.9 Å². The van der Waals surface area contributed by atoms with Crippen LogP contribution >= 0.6 is 0 Å². The molecular weight excluding hydrogens is 340 g/mol. The molecule has 0 aliphatic rings. The lowest BCUT2D eigenvalue weighted by Crippen LogP contribution is -1.97. The molecule has 3 aromatic rings. The summed E-state index contributed by atoms with van der Waals surface area (Å²) >= 11 is 0. The average Bonchev–Trinajstić information content (AvgIpc) is 2.72. The predicted molar refractivity (Wildman–Crippen MR) is 106 cm³/mol. The van der Waals surface area contributed by atoms with Gasteiger partial charge in [0.2, 0.25) is 0 Å². The molecule has 0 radical (unpaired) electrons. The van der Waals surface area contributed by atoms with Crippen molar-refractivity contribution in [3.8, 4) is 23.0 Å². The summed E-state index contributed by atoms with van der Waals surface area (Å²) in [5.74, 6) is 2.46. The number of rotatable bonds is 7. The lowest BCUT2D eigenvalue weighted by atomic mass is 10.1. The van der Waals surface area contributed by atoms with Crippen molar-refractivity contribution in [1.82, 2.24) is 0 Å². The number of carbonyl (C=O) groups is 1. The van der Waals surface area contributed by atoms with Crippen molar-refractivity contribution in [2.45, 2.75) is 0 Å². The fraction of sp³-hybridized carbons (Fsp3) is 0.0870. The summed E-state index contributed by atoms with van der Waals surface area (Å²) in [5, 5.41) is 0. The topological polar surface area (TPSA) is 44.8 Å². The highest BCUT2D eigenvalue weighted by Gasteiger charge is 2.08. The summed E-state index contributed by atoms with van der Waals surface area (Å²) < 4.78 is 16.3. The Balaban J connectivity index is 1.74. The quantitative estimate of drug-likeness (QED) is 0.418. The van der Waals surface area contributed by atoms with Crippen molar-refractivity contribution in [2.75, 3.05) is 14.2 Å². The first-order valence-electron chi connectivity index (χ1n) is 8.47. The number of allylic oxidation sites excluding steroid dienone is 1. The van der Waals surface area contributed by atoms with E-state index >= 15 is 0 Å². The Labute approximate surface area is 158 Å². The second kappa shape index (κ2) is 8.72. The van der Waals surface area contributed by atoms with Crippen LogP contribution in [-0.2, 0) is 0 Å². The molecule has 0 N–H and O–H groups in total. The number of hydrogen-bond acceptors (Lipinski definition) is 4. The van der Waals surface area contributed by atoms with E-state index in [1.807, 2.05) is 54.6 Å². The fourth-order valence-electron chi connectivity index (χ4n) is 2.56. The Hall–Kier alpha value is -3.53. The van der Waals surface area contributed by atoms with Gasteiger partial charge in [0, 0.05) is 5.56 Å². The fourth-order valence-corrected chi connectivity index (χ4v) is 2.56. The number of para-hydroxylation sites is 1. The first kappa shape index (κ1) is 18.3. The van der Waals surface area contributed by atoms with Crippen LogP contribution < -0.4 is 14.2 Å². The SMILES string of the molecule is COc1ccc(C(=O)/C=C/c2cccc(Oc3ccccc3)c2)cc1OC. The zero-order chi connectivity index (χ0) is 19.1. The Morgan fingerprint density at radius 3 is 2.26 bits per heavy atom. The molecule has 3 rings (SSSR count). The van der Waals surface area contributed by atoms with Crippen LogP contribution in [0, 0.1) is 0 Å². The van der Waals surface area contributed by atoms with Gasteiger partial charge >= 0.3 is 0 Å². The minimum absolute atomic E-state index is 0.120. The first-order valence-corrected chi connectivity index (χ1v) is 8.47. The largest absolute Gasteiger partial charge is 0.493 e. The Bertz CT molecular complexity index is 946. The van der Waals surface area contributed by atoms with Crippen LogP contribution in [0.25, 0.3) is 6.08 Å². The molecule has 4 heteroatoms. The van der Waals surface area contributed by atoms with Crippen molar-refractivity contribution < 1.29 is 19.0 Å². The standard InChI is InChI=1S/C23H20O4/c1-25-22-14-12-18(16-23(22)26-2)21(24)13-11-17-7-6-10-20(15-17)27-19-8-4-3-5-9-19/h3-16H,1-2H3/b13-11+. The molecule has 3 aromatic carbocycles. The van der Waals surface area contributed by atoms with E-state index in [-0.39, 0.29) is 5.78 Å². The molecule has 0 spiro atoms. The highest BCUT2D eigenvalue weighted by molar-refractivity contribution is 6.07. The number of hydrogen-bond donors (Lipinski definition) is 0. The summed E-state index contributed by atoms with van der Waals surface area (Å²) in [5.41, 5.74) is 1.40. The highest BCUT2D eigenvalue weighted by Crippen LogP contribution is 2.28. The maximum absolute atomic E-state index is 12.4. The van der Waals surface area contributed by atoms with E-state index < -0.39 is 0 Å². The molecule has 0 aliphatic heterocycles. The van der Waals surface area contributed by atoms with Crippen LogP contribution in [0.1, 0.15) is 15.9 Å². The van der Waals surface area contributed by atoms with Gasteiger partial charge in [0.25, 0.3) is 0 Å². The van der Waals surface area contributed by atoms with Crippen LogP contribution in [-0.4, -0.2) is 20.0 Å². The van der Waals surface area contributed by atoms with E-state index in [1.54, 1.807) is 38.5 Å².